The van der Waals surface area contributed by atoms with E-state index in [9.17, 15) is 46.1 Å². The number of aromatic nitrogens is 2. The number of rotatable bonds is 4. The minimum atomic E-state index is -4.42. The molecule has 4 aliphatic rings. The van der Waals surface area contributed by atoms with Gasteiger partial charge in [0, 0.05) is 37.0 Å². The van der Waals surface area contributed by atoms with Crippen LogP contribution in [0.25, 0.3) is 16.7 Å². The fraction of sp³-hybridized carbons (Fsp3) is 0.400. The van der Waals surface area contributed by atoms with Gasteiger partial charge in [-0.25, -0.2) is 18.2 Å². The van der Waals surface area contributed by atoms with Crippen LogP contribution >= 0.6 is 0 Å². The number of alkyl halides is 3. The molecule has 3 aromatic rings. The smallest absolute Gasteiger partial charge is 0.389 e. The molecule has 14 heteroatoms. The number of amides is 1. The summed E-state index contributed by atoms with van der Waals surface area (Å²) < 4.78 is 83.8. The van der Waals surface area contributed by atoms with Gasteiger partial charge in [-0.2, -0.15) is 13.2 Å². The van der Waals surface area contributed by atoms with Crippen LogP contribution in [0.1, 0.15) is 29.6 Å². The third kappa shape index (κ3) is 3.79. The fourth-order valence-electron chi connectivity index (χ4n) is 5.95. The van der Waals surface area contributed by atoms with E-state index < -0.39 is 69.4 Å². The number of anilines is 1. The Bertz CT molecular complexity index is 1550. The first-order valence-electron chi connectivity index (χ1n) is 11.9. The molecule has 3 aliphatic carbocycles. The Hall–Kier alpha value is -3.65. The summed E-state index contributed by atoms with van der Waals surface area (Å²) in [6.07, 6.45) is -6.79. The monoisotopic (exact) mass is 554 g/mol. The van der Waals surface area contributed by atoms with Crippen molar-refractivity contribution in [3.8, 4) is 5.69 Å². The van der Waals surface area contributed by atoms with E-state index in [-0.39, 0.29) is 49.2 Å². The predicted octanol–water partition coefficient (Wildman–Crippen LogP) is 2.56. The zero-order valence-electron chi connectivity index (χ0n) is 19.9. The molecule has 8 nitrogen and oxygen atoms in total. The Labute approximate surface area is 215 Å². The van der Waals surface area contributed by atoms with Crippen molar-refractivity contribution in [2.45, 2.75) is 43.2 Å². The van der Waals surface area contributed by atoms with Crippen LogP contribution in [0, 0.1) is 22.9 Å². The van der Waals surface area contributed by atoms with Gasteiger partial charge in [0.1, 0.15) is 22.9 Å². The van der Waals surface area contributed by atoms with Crippen LogP contribution in [0.15, 0.2) is 35.3 Å². The summed E-state index contributed by atoms with van der Waals surface area (Å²) in [5, 5.41) is 22.0. The van der Waals surface area contributed by atoms with Crippen molar-refractivity contribution in [1.29, 1.82) is 0 Å². The van der Waals surface area contributed by atoms with Crippen LogP contribution in [-0.4, -0.2) is 62.7 Å². The maximum atomic E-state index is 14.9. The summed E-state index contributed by atoms with van der Waals surface area (Å²) in [5.74, 6) is -4.83. The minimum Gasteiger partial charge on any atom is -0.389 e. The number of β-amino-alcohol motifs (C(OH)–C–C–N with tert-alkyl or cyclic N) is 2. The molecular formula is C25H20F6N4O4. The first kappa shape index (κ1) is 25.6. The average Bonchev–Trinajstić information content (AvgIpc) is 3.13. The van der Waals surface area contributed by atoms with E-state index in [0.29, 0.717) is 12.1 Å². The van der Waals surface area contributed by atoms with Gasteiger partial charge in [-0.05, 0) is 31.4 Å². The zero-order valence-corrected chi connectivity index (χ0v) is 19.9. The largest absolute Gasteiger partial charge is 0.394 e. The van der Waals surface area contributed by atoms with Crippen molar-refractivity contribution in [2.75, 3.05) is 18.0 Å². The van der Waals surface area contributed by atoms with Gasteiger partial charge in [-0.1, -0.05) is 0 Å². The van der Waals surface area contributed by atoms with Gasteiger partial charge in [0.05, 0.1) is 23.0 Å². The van der Waals surface area contributed by atoms with Crippen LogP contribution in [0.5, 0.6) is 0 Å². The number of halogens is 6. The molecule has 7 rings (SSSR count). The number of hydrogen-bond donors (Lipinski definition) is 3. The predicted molar refractivity (Wildman–Crippen MR) is 124 cm³/mol. The zero-order chi connectivity index (χ0) is 28.1. The minimum absolute atomic E-state index is 0.0227. The number of aliphatic hydroxyl groups is 2. The highest BCUT2D eigenvalue weighted by Gasteiger charge is 2.79. The summed E-state index contributed by atoms with van der Waals surface area (Å²) in [7, 11) is 0. The molecule has 1 aromatic carbocycles. The number of aliphatic hydroxyl groups excluding tert-OH is 2. The number of nitrogens with zero attached hydrogens (tertiary/aromatic N) is 3. The summed E-state index contributed by atoms with van der Waals surface area (Å²) in [4.78, 5) is 32.2. The highest BCUT2D eigenvalue weighted by molar-refractivity contribution is 5.98. The number of hydrogen-bond acceptors (Lipinski definition) is 6. The third-order valence-corrected chi connectivity index (χ3v) is 7.90. The lowest BCUT2D eigenvalue weighted by Crippen LogP contribution is -2.78. The van der Waals surface area contributed by atoms with Crippen LogP contribution in [-0.2, 0) is 0 Å². The first-order chi connectivity index (χ1) is 18.2. The number of fused-ring (bicyclic) bond motifs is 1. The maximum absolute atomic E-state index is 14.9. The lowest BCUT2D eigenvalue weighted by Gasteiger charge is -2.70. The van der Waals surface area contributed by atoms with Gasteiger partial charge in [0.2, 0.25) is 5.43 Å². The molecule has 2 bridgehead atoms. The van der Waals surface area contributed by atoms with Crippen LogP contribution in [0.2, 0.25) is 0 Å². The molecule has 206 valence electrons. The number of pyridine rings is 2. The van der Waals surface area contributed by atoms with Crippen molar-refractivity contribution < 1.29 is 41.4 Å². The second kappa shape index (κ2) is 8.18. The van der Waals surface area contributed by atoms with E-state index in [0.717, 1.165) is 10.8 Å². The molecule has 4 fully saturated rings. The summed E-state index contributed by atoms with van der Waals surface area (Å²) in [6, 6.07) is 3.39. The fourth-order valence-corrected chi connectivity index (χ4v) is 5.95. The second-order valence-electron chi connectivity index (χ2n) is 10.6. The molecule has 0 radical (unpaired) electrons. The molecule has 2 aromatic heterocycles. The summed E-state index contributed by atoms with van der Waals surface area (Å²) >= 11 is 0. The molecule has 0 unspecified atom stereocenters. The molecule has 1 aliphatic heterocycles. The molecule has 39 heavy (non-hydrogen) atoms. The SMILES string of the molecule is O=C(NC12CC(C(F)(F)F)(C1)C2)c1cn(-c2c(F)cc(F)cc2F)c2nc(N3C[C@@H](O)[C@H](O)C3)ccc2c1=O. The van der Waals surface area contributed by atoms with Crippen LogP contribution < -0.4 is 15.6 Å². The molecule has 1 amide bonds. The Morgan fingerprint density at radius 3 is 2.18 bits per heavy atom. The summed E-state index contributed by atoms with van der Waals surface area (Å²) in [5.41, 5.74) is -5.64. The second-order valence-corrected chi connectivity index (χ2v) is 10.6. The van der Waals surface area contributed by atoms with E-state index >= 15 is 0 Å². The Morgan fingerprint density at radius 1 is 1.03 bits per heavy atom. The van der Waals surface area contributed by atoms with E-state index in [1.165, 1.54) is 17.0 Å². The van der Waals surface area contributed by atoms with E-state index in [1.54, 1.807) is 0 Å². The molecule has 3 N–H and O–H groups in total. The number of benzene rings is 1. The lowest BCUT2D eigenvalue weighted by molar-refractivity contribution is -0.336. The first-order valence-corrected chi connectivity index (χ1v) is 11.9. The van der Waals surface area contributed by atoms with E-state index in [2.05, 4.69) is 10.3 Å². The summed E-state index contributed by atoms with van der Waals surface area (Å²) in [6.45, 7) is -0.0453. The van der Waals surface area contributed by atoms with Gasteiger partial charge in [-0.3, -0.25) is 14.2 Å². The molecule has 2 atom stereocenters. The molecule has 3 heterocycles. The normalized spacial score (nSPS) is 27.8. The standard InChI is InChI=1S/C25H20F6N4O4/c26-11-3-14(27)19(15(28)4-11)35-5-13(22(39)33-24-8-23(9-24,10-24)25(29,30)31)20(38)12-1-2-18(32-21(12)35)34-6-16(36)17(37)7-34/h1-5,16-17,36-37H,6-10H2,(H,33,39)/t16-,17-,23?,24?/m1/s1. The van der Waals surface area contributed by atoms with Crippen LogP contribution in [0.4, 0.5) is 32.2 Å². The van der Waals surface area contributed by atoms with E-state index in [1.807, 2.05) is 0 Å². The Kier molecular flexibility index (Phi) is 5.37. The molecular weight excluding hydrogens is 534 g/mol. The lowest BCUT2D eigenvalue weighted by atomic mass is 9.39. The maximum Gasteiger partial charge on any atom is 0.394 e. The van der Waals surface area contributed by atoms with Gasteiger partial charge >= 0.3 is 6.18 Å². The number of nitrogens with one attached hydrogen (secondary N) is 1. The van der Waals surface area contributed by atoms with Crippen LogP contribution in [0.3, 0.4) is 0 Å². The van der Waals surface area contributed by atoms with Gasteiger partial charge in [0.15, 0.2) is 17.3 Å². The quantitative estimate of drug-likeness (QED) is 0.428. The average molecular weight is 554 g/mol. The molecule has 1 saturated heterocycles. The Balaban J connectivity index is 1.45. The number of carbonyl (C=O) groups excluding carboxylic acids is 1. The van der Waals surface area contributed by atoms with Gasteiger partial charge in [0.25, 0.3) is 5.91 Å². The van der Waals surface area contributed by atoms with E-state index in [4.69, 9.17) is 0 Å². The molecule has 3 saturated carbocycles. The van der Waals surface area contributed by atoms with Crippen molar-refractivity contribution >= 4 is 22.8 Å². The Morgan fingerprint density at radius 2 is 1.62 bits per heavy atom. The number of carbonyl (C=O) groups is 1. The van der Waals surface area contributed by atoms with Gasteiger partial charge < -0.3 is 20.4 Å². The highest BCUT2D eigenvalue weighted by atomic mass is 19.4. The third-order valence-electron chi connectivity index (χ3n) is 7.90. The van der Waals surface area contributed by atoms with Crippen molar-refractivity contribution in [2.24, 2.45) is 5.41 Å². The highest BCUT2D eigenvalue weighted by Crippen LogP contribution is 2.73. The van der Waals surface area contributed by atoms with Crippen molar-refractivity contribution in [3.63, 3.8) is 0 Å². The van der Waals surface area contributed by atoms with Crippen molar-refractivity contribution in [3.05, 3.63) is 63.7 Å². The van der Waals surface area contributed by atoms with Crippen molar-refractivity contribution in [1.82, 2.24) is 14.9 Å². The molecule has 0 spiro atoms. The van der Waals surface area contributed by atoms with Gasteiger partial charge in [-0.15, -0.1) is 0 Å². The topological polar surface area (TPSA) is 108 Å².